The summed E-state index contributed by atoms with van der Waals surface area (Å²) in [4.78, 5) is 15.5. The molecule has 84 valence electrons. The van der Waals surface area contributed by atoms with Gasteiger partial charge in [-0.15, -0.1) is 0 Å². The summed E-state index contributed by atoms with van der Waals surface area (Å²) >= 11 is 0. The Morgan fingerprint density at radius 2 is 2.12 bits per heavy atom. The summed E-state index contributed by atoms with van der Waals surface area (Å²) < 4.78 is 0. The fourth-order valence-corrected chi connectivity index (χ4v) is 1.86. The molecule has 0 aliphatic carbocycles. The molecule has 0 bridgehead atoms. The maximum atomic E-state index is 11.3. The number of carboxylic acids is 1. The van der Waals surface area contributed by atoms with E-state index in [0.717, 1.165) is 5.56 Å². The van der Waals surface area contributed by atoms with E-state index in [1.54, 1.807) is 19.1 Å². The van der Waals surface area contributed by atoms with Gasteiger partial charge in [-0.05, 0) is 26.0 Å². The van der Waals surface area contributed by atoms with Gasteiger partial charge in [-0.1, -0.05) is 11.6 Å². The van der Waals surface area contributed by atoms with Crippen molar-refractivity contribution in [3.63, 3.8) is 0 Å². The van der Waals surface area contributed by atoms with Gasteiger partial charge in [0.15, 0.2) is 0 Å². The van der Waals surface area contributed by atoms with E-state index < -0.39 is 5.97 Å². The van der Waals surface area contributed by atoms with E-state index in [0.29, 0.717) is 16.6 Å². The van der Waals surface area contributed by atoms with Gasteiger partial charge in [-0.3, -0.25) is 4.98 Å². The highest BCUT2D eigenvalue weighted by molar-refractivity contribution is 6.05. The second kappa shape index (κ2) is 3.87. The van der Waals surface area contributed by atoms with Gasteiger partial charge in [0.05, 0.1) is 22.3 Å². The molecule has 4 heteroatoms. The number of carbonyl (C=O) groups is 1. The fraction of sp³-hybridized carbons (Fsp3) is 0.154. The standard InChI is InChI=1S/C13H10N2O2/c1-7-3-4-11-9(5-7)12(13(16)17)10(6-14)8(2)15-11/h3-5H,1-2H3,(H,16,17). The molecule has 0 radical (unpaired) electrons. The van der Waals surface area contributed by atoms with E-state index in [-0.39, 0.29) is 11.1 Å². The van der Waals surface area contributed by atoms with Crippen molar-refractivity contribution in [1.29, 1.82) is 5.26 Å². The molecule has 0 saturated carbocycles. The van der Waals surface area contributed by atoms with Crippen LogP contribution in [0, 0.1) is 25.2 Å². The smallest absolute Gasteiger partial charge is 0.337 e. The van der Waals surface area contributed by atoms with E-state index in [9.17, 15) is 9.90 Å². The summed E-state index contributed by atoms with van der Waals surface area (Å²) in [7, 11) is 0. The highest BCUT2D eigenvalue weighted by atomic mass is 16.4. The second-order valence-corrected chi connectivity index (χ2v) is 3.88. The Bertz CT molecular complexity index is 669. The number of fused-ring (bicyclic) bond motifs is 1. The van der Waals surface area contributed by atoms with Crippen molar-refractivity contribution in [2.75, 3.05) is 0 Å². The van der Waals surface area contributed by atoms with E-state index in [1.165, 1.54) is 0 Å². The third-order valence-electron chi connectivity index (χ3n) is 2.65. The number of rotatable bonds is 1. The zero-order chi connectivity index (χ0) is 12.6. The summed E-state index contributed by atoms with van der Waals surface area (Å²) in [6.07, 6.45) is 0. The Morgan fingerprint density at radius 3 is 2.71 bits per heavy atom. The molecule has 2 rings (SSSR count). The van der Waals surface area contributed by atoms with Crippen LogP contribution in [0.1, 0.15) is 27.2 Å². The molecule has 0 aliphatic heterocycles. The molecule has 17 heavy (non-hydrogen) atoms. The van der Waals surface area contributed by atoms with Crippen LogP contribution in [-0.4, -0.2) is 16.1 Å². The summed E-state index contributed by atoms with van der Waals surface area (Å²) in [5.74, 6) is -1.09. The van der Waals surface area contributed by atoms with Crippen LogP contribution >= 0.6 is 0 Å². The molecule has 1 aromatic heterocycles. The zero-order valence-electron chi connectivity index (χ0n) is 9.48. The average Bonchev–Trinajstić information content (AvgIpc) is 2.27. The van der Waals surface area contributed by atoms with Crippen LogP contribution in [0.25, 0.3) is 10.9 Å². The van der Waals surface area contributed by atoms with Crippen LogP contribution in [0.3, 0.4) is 0 Å². The lowest BCUT2D eigenvalue weighted by Gasteiger charge is -2.07. The quantitative estimate of drug-likeness (QED) is 0.810. The van der Waals surface area contributed by atoms with Crippen molar-refractivity contribution >= 4 is 16.9 Å². The highest BCUT2D eigenvalue weighted by Gasteiger charge is 2.18. The second-order valence-electron chi connectivity index (χ2n) is 3.88. The maximum Gasteiger partial charge on any atom is 0.337 e. The lowest BCUT2D eigenvalue weighted by Crippen LogP contribution is -2.05. The largest absolute Gasteiger partial charge is 0.478 e. The molecule has 2 aromatic rings. The first kappa shape index (κ1) is 11.1. The van der Waals surface area contributed by atoms with Crippen LogP contribution < -0.4 is 0 Å². The molecule has 0 fully saturated rings. The molecule has 1 heterocycles. The van der Waals surface area contributed by atoms with Gasteiger partial charge in [0, 0.05) is 5.39 Å². The number of pyridine rings is 1. The van der Waals surface area contributed by atoms with Gasteiger partial charge in [0.25, 0.3) is 0 Å². The molecular weight excluding hydrogens is 216 g/mol. The van der Waals surface area contributed by atoms with E-state index >= 15 is 0 Å². The maximum absolute atomic E-state index is 11.3. The van der Waals surface area contributed by atoms with E-state index in [4.69, 9.17) is 5.26 Å². The Labute approximate surface area is 98.1 Å². The van der Waals surface area contributed by atoms with Gasteiger partial charge < -0.3 is 5.11 Å². The highest BCUT2D eigenvalue weighted by Crippen LogP contribution is 2.23. The number of aromatic nitrogens is 1. The molecule has 0 spiro atoms. The predicted octanol–water partition coefficient (Wildman–Crippen LogP) is 2.42. The molecule has 4 nitrogen and oxygen atoms in total. The molecule has 0 amide bonds. The molecule has 0 unspecified atom stereocenters. The van der Waals surface area contributed by atoms with Crippen LogP contribution in [0.5, 0.6) is 0 Å². The van der Waals surface area contributed by atoms with Crippen LogP contribution in [0.15, 0.2) is 18.2 Å². The summed E-state index contributed by atoms with van der Waals surface area (Å²) in [6, 6.07) is 7.29. The van der Waals surface area contributed by atoms with Gasteiger partial charge in [0.2, 0.25) is 0 Å². The number of benzene rings is 1. The van der Waals surface area contributed by atoms with Gasteiger partial charge >= 0.3 is 5.97 Å². The van der Waals surface area contributed by atoms with Crippen molar-refractivity contribution in [3.8, 4) is 6.07 Å². The SMILES string of the molecule is Cc1ccc2nc(C)c(C#N)c(C(=O)O)c2c1. The predicted molar refractivity (Wildman–Crippen MR) is 62.9 cm³/mol. The number of nitriles is 1. The number of carboxylic acid groups (broad SMARTS) is 1. The zero-order valence-corrected chi connectivity index (χ0v) is 9.48. The van der Waals surface area contributed by atoms with Crippen LogP contribution in [0.2, 0.25) is 0 Å². The normalized spacial score (nSPS) is 10.2. The monoisotopic (exact) mass is 226 g/mol. The minimum atomic E-state index is -1.09. The number of aryl methyl sites for hydroxylation is 2. The Balaban J connectivity index is 3.01. The minimum absolute atomic E-state index is 0.0405. The fourth-order valence-electron chi connectivity index (χ4n) is 1.86. The Hall–Kier alpha value is -2.41. The third kappa shape index (κ3) is 1.72. The van der Waals surface area contributed by atoms with Crippen LogP contribution in [0.4, 0.5) is 0 Å². The Morgan fingerprint density at radius 1 is 1.41 bits per heavy atom. The first-order chi connectivity index (χ1) is 8.04. The van der Waals surface area contributed by atoms with Crippen molar-refractivity contribution < 1.29 is 9.90 Å². The summed E-state index contributed by atoms with van der Waals surface area (Å²) in [5, 5.41) is 18.8. The molecule has 0 saturated heterocycles. The average molecular weight is 226 g/mol. The lowest BCUT2D eigenvalue weighted by atomic mass is 10.0. The minimum Gasteiger partial charge on any atom is -0.478 e. The Kier molecular flexibility index (Phi) is 2.52. The van der Waals surface area contributed by atoms with Gasteiger partial charge in [-0.25, -0.2) is 4.79 Å². The van der Waals surface area contributed by atoms with Gasteiger partial charge in [0.1, 0.15) is 6.07 Å². The summed E-state index contributed by atoms with van der Waals surface area (Å²) in [6.45, 7) is 3.52. The molecule has 0 atom stereocenters. The summed E-state index contributed by atoms with van der Waals surface area (Å²) in [5.41, 5.74) is 2.16. The molecule has 0 aliphatic rings. The van der Waals surface area contributed by atoms with Crippen molar-refractivity contribution in [3.05, 3.63) is 40.6 Å². The van der Waals surface area contributed by atoms with Crippen molar-refractivity contribution in [1.82, 2.24) is 4.98 Å². The first-order valence-corrected chi connectivity index (χ1v) is 5.09. The number of hydrogen-bond acceptors (Lipinski definition) is 3. The number of aromatic carboxylic acids is 1. The molecule has 1 aromatic carbocycles. The van der Waals surface area contributed by atoms with Crippen LogP contribution in [-0.2, 0) is 0 Å². The first-order valence-electron chi connectivity index (χ1n) is 5.09. The number of nitrogens with zero attached hydrogens (tertiary/aromatic N) is 2. The van der Waals surface area contributed by atoms with Gasteiger partial charge in [-0.2, -0.15) is 5.26 Å². The topological polar surface area (TPSA) is 74.0 Å². The van der Waals surface area contributed by atoms with Crippen molar-refractivity contribution in [2.45, 2.75) is 13.8 Å². The number of hydrogen-bond donors (Lipinski definition) is 1. The lowest BCUT2D eigenvalue weighted by molar-refractivity contribution is 0.0698. The molecular formula is C13H10N2O2. The van der Waals surface area contributed by atoms with E-state index in [1.807, 2.05) is 19.1 Å². The third-order valence-corrected chi connectivity index (χ3v) is 2.65. The van der Waals surface area contributed by atoms with E-state index in [2.05, 4.69) is 4.98 Å². The molecule has 1 N–H and O–H groups in total. The van der Waals surface area contributed by atoms with Crippen molar-refractivity contribution in [2.24, 2.45) is 0 Å².